The molecule has 26 heavy (non-hydrogen) atoms. The van der Waals surface area contributed by atoms with Crippen molar-refractivity contribution in [2.75, 3.05) is 13.2 Å². The summed E-state index contributed by atoms with van der Waals surface area (Å²) in [5.41, 5.74) is -0.361. The van der Waals surface area contributed by atoms with E-state index in [1.54, 1.807) is 0 Å². The summed E-state index contributed by atoms with van der Waals surface area (Å²) >= 11 is 0. The van der Waals surface area contributed by atoms with Gasteiger partial charge in [-0.2, -0.15) is 0 Å². The number of hydrogen-bond acceptors (Lipinski definition) is 6. The zero-order valence-electron chi connectivity index (χ0n) is 17.2. The van der Waals surface area contributed by atoms with Crippen LogP contribution in [0.4, 0.5) is 0 Å². The maximum atomic E-state index is 6.16. The Morgan fingerprint density at radius 3 is 1.88 bits per heavy atom. The van der Waals surface area contributed by atoms with Gasteiger partial charge in [0.1, 0.15) is 0 Å². The third-order valence-electron chi connectivity index (χ3n) is 6.16. The van der Waals surface area contributed by atoms with Crippen molar-refractivity contribution >= 4 is 0 Å². The Labute approximate surface area is 157 Å². The number of ether oxygens (including phenoxy) is 6. The van der Waals surface area contributed by atoms with Gasteiger partial charge in [0.2, 0.25) is 12.6 Å². The van der Waals surface area contributed by atoms with E-state index < -0.39 is 12.6 Å². The highest BCUT2D eigenvalue weighted by molar-refractivity contribution is 4.87. The van der Waals surface area contributed by atoms with Crippen LogP contribution < -0.4 is 0 Å². The first-order chi connectivity index (χ1) is 12.2. The van der Waals surface area contributed by atoms with Crippen LogP contribution in [0.2, 0.25) is 0 Å². The van der Waals surface area contributed by atoms with Gasteiger partial charge in [-0.05, 0) is 60.3 Å². The van der Waals surface area contributed by atoms with Crippen LogP contribution in [0.1, 0.15) is 67.2 Å². The third kappa shape index (κ3) is 4.59. The molecular weight excluding hydrogens is 336 g/mol. The Bertz CT molecular complexity index is 461. The molecule has 3 fully saturated rings. The van der Waals surface area contributed by atoms with Crippen LogP contribution in [-0.2, 0) is 28.4 Å². The second-order valence-corrected chi connectivity index (χ2v) is 8.66. The lowest BCUT2D eigenvalue weighted by molar-refractivity contribution is -0.409. The van der Waals surface area contributed by atoms with Gasteiger partial charge in [-0.15, -0.1) is 0 Å². The minimum absolute atomic E-state index is 0.00785. The van der Waals surface area contributed by atoms with E-state index in [1.165, 1.54) is 0 Å². The fraction of sp³-hybridized carbons (Fsp3) is 1.00. The minimum Gasteiger partial charge on any atom is -0.370 e. The van der Waals surface area contributed by atoms with Crippen LogP contribution in [0, 0.1) is 0 Å². The fourth-order valence-electron chi connectivity index (χ4n) is 3.61. The molecule has 0 N–H and O–H groups in total. The molecule has 3 aliphatic rings. The molecule has 6 nitrogen and oxygen atoms in total. The molecule has 3 heterocycles. The molecule has 0 spiro atoms. The zero-order chi connectivity index (χ0) is 18.9. The Morgan fingerprint density at radius 1 is 0.769 bits per heavy atom. The molecular formula is C20H36O6. The van der Waals surface area contributed by atoms with Crippen molar-refractivity contribution in [3.63, 3.8) is 0 Å². The van der Waals surface area contributed by atoms with Gasteiger partial charge in [-0.1, -0.05) is 6.92 Å². The molecule has 3 saturated heterocycles. The molecule has 0 aromatic carbocycles. The molecule has 3 rings (SSSR count). The van der Waals surface area contributed by atoms with Gasteiger partial charge in [-0.3, -0.25) is 0 Å². The van der Waals surface area contributed by atoms with Crippen LogP contribution in [-0.4, -0.2) is 61.4 Å². The van der Waals surface area contributed by atoms with Crippen molar-refractivity contribution in [2.24, 2.45) is 0 Å². The first-order valence-electron chi connectivity index (χ1n) is 10.1. The predicted molar refractivity (Wildman–Crippen MR) is 96.9 cm³/mol. The van der Waals surface area contributed by atoms with E-state index in [-0.39, 0.29) is 35.6 Å². The van der Waals surface area contributed by atoms with Gasteiger partial charge < -0.3 is 28.4 Å². The fourth-order valence-corrected chi connectivity index (χ4v) is 3.61. The second-order valence-electron chi connectivity index (χ2n) is 8.66. The summed E-state index contributed by atoms with van der Waals surface area (Å²) in [4.78, 5) is 0. The van der Waals surface area contributed by atoms with E-state index in [4.69, 9.17) is 28.4 Å². The van der Waals surface area contributed by atoms with Gasteiger partial charge >= 0.3 is 0 Å². The first kappa shape index (κ1) is 20.5. The maximum Gasteiger partial charge on any atom is 0.210 e. The third-order valence-corrected chi connectivity index (χ3v) is 6.16. The second kappa shape index (κ2) is 8.02. The largest absolute Gasteiger partial charge is 0.370 e. The van der Waals surface area contributed by atoms with Crippen molar-refractivity contribution in [2.45, 2.75) is 115 Å². The Hall–Kier alpha value is -0.240. The molecule has 0 aromatic rings. The van der Waals surface area contributed by atoms with Crippen LogP contribution >= 0.6 is 0 Å². The van der Waals surface area contributed by atoms with E-state index in [0.29, 0.717) is 13.2 Å². The van der Waals surface area contributed by atoms with E-state index in [2.05, 4.69) is 20.8 Å². The molecule has 0 aromatic heterocycles. The van der Waals surface area contributed by atoms with Gasteiger partial charge in [-0.25, -0.2) is 0 Å². The van der Waals surface area contributed by atoms with Crippen molar-refractivity contribution in [3.05, 3.63) is 0 Å². The number of hydrogen-bond donors (Lipinski definition) is 0. The standard InChI is InChI=1S/C20H36O6/c1-7-19(5)11-22-20(6,12-21-19)10-8-9-16-15(4)25-17-18(26-16)24-14(3)13(2)23-17/h13-18H,7-12H2,1-6H3. The molecule has 8 unspecified atom stereocenters. The monoisotopic (exact) mass is 372 g/mol. The molecule has 0 amide bonds. The lowest BCUT2D eigenvalue weighted by Gasteiger charge is -2.46. The summed E-state index contributed by atoms with van der Waals surface area (Å²) < 4.78 is 36.2. The predicted octanol–water partition coefficient (Wildman–Crippen LogP) is 3.41. The molecule has 0 radical (unpaired) electrons. The normalized spacial score (nSPS) is 49.6. The number of fused-ring (bicyclic) bond motifs is 1. The lowest BCUT2D eigenvalue weighted by atomic mass is 9.94. The average Bonchev–Trinajstić information content (AvgIpc) is 2.60. The van der Waals surface area contributed by atoms with Crippen molar-refractivity contribution in [1.82, 2.24) is 0 Å². The van der Waals surface area contributed by atoms with Gasteiger partial charge in [0.05, 0.1) is 48.8 Å². The molecule has 3 aliphatic heterocycles. The van der Waals surface area contributed by atoms with Crippen LogP contribution in [0.3, 0.4) is 0 Å². The van der Waals surface area contributed by atoms with E-state index in [1.807, 2.05) is 20.8 Å². The molecule has 0 aliphatic carbocycles. The van der Waals surface area contributed by atoms with Gasteiger partial charge in [0.25, 0.3) is 0 Å². The smallest absolute Gasteiger partial charge is 0.210 e. The van der Waals surface area contributed by atoms with Crippen LogP contribution in [0.25, 0.3) is 0 Å². The number of rotatable bonds is 5. The highest BCUT2D eigenvalue weighted by Gasteiger charge is 2.44. The van der Waals surface area contributed by atoms with Crippen molar-refractivity contribution in [1.29, 1.82) is 0 Å². The quantitative estimate of drug-likeness (QED) is 0.737. The summed E-state index contributed by atoms with van der Waals surface area (Å²) in [6.07, 6.45) is 2.97. The zero-order valence-corrected chi connectivity index (χ0v) is 17.2. The summed E-state index contributed by atoms with van der Waals surface area (Å²) in [7, 11) is 0. The highest BCUT2D eigenvalue weighted by atomic mass is 16.8. The van der Waals surface area contributed by atoms with Crippen molar-refractivity contribution in [3.8, 4) is 0 Å². The van der Waals surface area contributed by atoms with Crippen molar-refractivity contribution < 1.29 is 28.4 Å². The van der Waals surface area contributed by atoms with E-state index >= 15 is 0 Å². The average molecular weight is 373 g/mol. The van der Waals surface area contributed by atoms with E-state index in [9.17, 15) is 0 Å². The molecule has 0 saturated carbocycles. The Balaban J connectivity index is 1.45. The SMILES string of the molecule is CCC1(C)COC(C)(CCCC2OC3OC(C)C(C)OC3OC2C)CO1. The maximum absolute atomic E-state index is 6.16. The van der Waals surface area contributed by atoms with Crippen LogP contribution in [0.5, 0.6) is 0 Å². The lowest BCUT2D eigenvalue weighted by Crippen LogP contribution is -2.57. The molecule has 8 atom stereocenters. The highest BCUT2D eigenvalue weighted by Crippen LogP contribution is 2.34. The topological polar surface area (TPSA) is 55.4 Å². The first-order valence-corrected chi connectivity index (χ1v) is 10.1. The molecule has 0 bridgehead atoms. The molecule has 152 valence electrons. The Kier molecular flexibility index (Phi) is 6.32. The van der Waals surface area contributed by atoms with E-state index in [0.717, 1.165) is 25.7 Å². The Morgan fingerprint density at radius 2 is 1.31 bits per heavy atom. The van der Waals surface area contributed by atoms with Crippen LogP contribution in [0.15, 0.2) is 0 Å². The molecule has 6 heteroatoms. The summed E-state index contributed by atoms with van der Waals surface area (Å²) in [6, 6.07) is 0. The summed E-state index contributed by atoms with van der Waals surface area (Å²) in [5.74, 6) is 0. The van der Waals surface area contributed by atoms with Gasteiger partial charge in [0, 0.05) is 0 Å². The summed E-state index contributed by atoms with van der Waals surface area (Å²) in [5, 5.41) is 0. The summed E-state index contributed by atoms with van der Waals surface area (Å²) in [6.45, 7) is 13.7. The van der Waals surface area contributed by atoms with Gasteiger partial charge in [0.15, 0.2) is 0 Å². The minimum atomic E-state index is -0.433.